The first-order valence-corrected chi connectivity index (χ1v) is 10.0. The minimum Gasteiger partial charge on any atom is -0.357 e. The number of halogens is 2. The van der Waals surface area contributed by atoms with Gasteiger partial charge >= 0.3 is 0 Å². The zero-order valence-electron chi connectivity index (χ0n) is 17.1. The zero-order valence-corrected chi connectivity index (χ0v) is 19.4. The maximum atomic E-state index is 13.5. The summed E-state index contributed by atoms with van der Waals surface area (Å²) in [4.78, 5) is 7.28. The van der Waals surface area contributed by atoms with Gasteiger partial charge in [0.05, 0.1) is 6.54 Å². The van der Waals surface area contributed by atoms with Crippen molar-refractivity contribution in [3.05, 3.63) is 35.6 Å². The molecule has 1 heterocycles. The molecule has 0 aromatic heterocycles. The van der Waals surface area contributed by atoms with Crippen LogP contribution in [0.15, 0.2) is 29.3 Å². The molecule has 0 radical (unpaired) electrons. The molecule has 1 aliphatic heterocycles. The lowest BCUT2D eigenvalue weighted by molar-refractivity contribution is 0.330. The molecule has 1 aliphatic rings. The molecule has 0 saturated carbocycles. The Kier molecular flexibility index (Phi) is 11.2. The van der Waals surface area contributed by atoms with Crippen LogP contribution >= 0.6 is 24.0 Å². The molecule has 0 atom stereocenters. The third kappa shape index (κ3) is 8.77. The summed E-state index contributed by atoms with van der Waals surface area (Å²) in [7, 11) is 0. The molecule has 154 valence electrons. The average molecular weight is 490 g/mol. The van der Waals surface area contributed by atoms with Crippen molar-refractivity contribution in [2.24, 2.45) is 4.99 Å². The molecule has 0 amide bonds. The van der Waals surface area contributed by atoms with E-state index >= 15 is 0 Å². The third-order valence-corrected chi connectivity index (χ3v) is 4.98. The summed E-state index contributed by atoms with van der Waals surface area (Å²) < 4.78 is 13.5. The number of aliphatic imine (C=N–C) groups is 1. The second-order valence-electron chi connectivity index (χ2n) is 7.77. The van der Waals surface area contributed by atoms with Crippen molar-refractivity contribution in [3.63, 3.8) is 0 Å². The molecule has 0 unspecified atom stereocenters. The van der Waals surface area contributed by atoms with E-state index in [9.17, 15) is 4.39 Å². The van der Waals surface area contributed by atoms with Crippen LogP contribution in [-0.2, 0) is 5.41 Å². The zero-order chi connectivity index (χ0) is 18.8. The van der Waals surface area contributed by atoms with E-state index in [1.807, 2.05) is 6.07 Å². The van der Waals surface area contributed by atoms with Crippen LogP contribution in [0.4, 0.5) is 4.39 Å². The smallest absolute Gasteiger partial charge is 0.191 e. The van der Waals surface area contributed by atoms with Crippen LogP contribution in [0, 0.1) is 5.82 Å². The third-order valence-electron chi connectivity index (χ3n) is 4.98. The van der Waals surface area contributed by atoms with Gasteiger partial charge in [0.15, 0.2) is 5.96 Å². The Balaban J connectivity index is 0.00000364. The van der Waals surface area contributed by atoms with E-state index in [4.69, 9.17) is 4.99 Å². The predicted octanol–water partition coefficient (Wildman–Crippen LogP) is 4.15. The number of nitrogens with one attached hydrogen (secondary N) is 2. The highest BCUT2D eigenvalue weighted by Crippen LogP contribution is 2.24. The lowest BCUT2D eigenvalue weighted by Crippen LogP contribution is -2.39. The molecule has 0 bridgehead atoms. The number of unbranched alkanes of at least 4 members (excludes halogenated alkanes) is 1. The topological polar surface area (TPSA) is 39.7 Å². The van der Waals surface area contributed by atoms with Crippen molar-refractivity contribution in [1.29, 1.82) is 0 Å². The van der Waals surface area contributed by atoms with Crippen molar-refractivity contribution in [1.82, 2.24) is 15.5 Å². The molecule has 0 aliphatic carbocycles. The molecule has 27 heavy (non-hydrogen) atoms. The lowest BCUT2D eigenvalue weighted by Gasteiger charge is -2.24. The van der Waals surface area contributed by atoms with E-state index in [1.54, 1.807) is 12.1 Å². The molecule has 0 spiro atoms. The van der Waals surface area contributed by atoms with Crippen LogP contribution in [0.5, 0.6) is 0 Å². The van der Waals surface area contributed by atoms with Crippen LogP contribution in [0.2, 0.25) is 0 Å². The second kappa shape index (κ2) is 12.5. The Morgan fingerprint density at radius 2 is 1.93 bits per heavy atom. The van der Waals surface area contributed by atoms with Gasteiger partial charge in [0.1, 0.15) is 5.82 Å². The highest BCUT2D eigenvalue weighted by atomic mass is 127. The van der Waals surface area contributed by atoms with E-state index in [0.29, 0.717) is 6.54 Å². The summed E-state index contributed by atoms with van der Waals surface area (Å²) in [6, 6.07) is 6.82. The summed E-state index contributed by atoms with van der Waals surface area (Å²) in [6.45, 7) is 12.4. The Hall–Kier alpha value is -0.890. The molecule has 1 fully saturated rings. The molecule has 1 saturated heterocycles. The van der Waals surface area contributed by atoms with Gasteiger partial charge in [-0.2, -0.15) is 0 Å². The summed E-state index contributed by atoms with van der Waals surface area (Å²) in [5.74, 6) is 0.653. The van der Waals surface area contributed by atoms with E-state index in [1.165, 1.54) is 45.0 Å². The Morgan fingerprint density at radius 1 is 1.19 bits per heavy atom. The van der Waals surface area contributed by atoms with Gasteiger partial charge in [-0.3, -0.25) is 4.99 Å². The standard InChI is InChI=1S/C21H35FN4.HI/c1-4-23-20(24-12-5-6-13-26-14-7-8-15-26)25-17-21(2,3)18-10-9-11-19(22)16-18;/h9-11,16H,4-8,12-15,17H2,1-3H3,(H2,23,24,25);1H. The maximum Gasteiger partial charge on any atom is 0.191 e. The van der Waals surface area contributed by atoms with Gasteiger partial charge in [-0.1, -0.05) is 26.0 Å². The quantitative estimate of drug-likeness (QED) is 0.237. The predicted molar refractivity (Wildman–Crippen MR) is 124 cm³/mol. The first-order valence-electron chi connectivity index (χ1n) is 10.0. The molecule has 2 rings (SSSR count). The van der Waals surface area contributed by atoms with E-state index < -0.39 is 0 Å². The Morgan fingerprint density at radius 3 is 2.59 bits per heavy atom. The van der Waals surface area contributed by atoms with Crippen LogP contribution < -0.4 is 10.6 Å². The number of guanidine groups is 1. The number of nitrogens with zero attached hydrogens (tertiary/aromatic N) is 2. The van der Waals surface area contributed by atoms with Crippen molar-refractivity contribution in [3.8, 4) is 0 Å². The summed E-state index contributed by atoms with van der Waals surface area (Å²) in [6.07, 6.45) is 5.09. The van der Waals surface area contributed by atoms with Gasteiger partial charge in [0.25, 0.3) is 0 Å². The van der Waals surface area contributed by atoms with Gasteiger partial charge in [-0.15, -0.1) is 24.0 Å². The highest BCUT2D eigenvalue weighted by Gasteiger charge is 2.21. The molecular formula is C21H36FIN4. The van der Waals surface area contributed by atoms with Crippen molar-refractivity contribution in [2.75, 3.05) is 39.3 Å². The molecular weight excluding hydrogens is 454 g/mol. The molecule has 4 nitrogen and oxygen atoms in total. The van der Waals surface area contributed by atoms with Crippen molar-refractivity contribution < 1.29 is 4.39 Å². The van der Waals surface area contributed by atoms with Gasteiger partial charge in [-0.05, 0) is 69.9 Å². The van der Waals surface area contributed by atoms with Crippen molar-refractivity contribution >= 4 is 29.9 Å². The fraction of sp³-hybridized carbons (Fsp3) is 0.667. The molecule has 1 aromatic carbocycles. The number of benzene rings is 1. The lowest BCUT2D eigenvalue weighted by atomic mass is 9.85. The molecule has 1 aromatic rings. The van der Waals surface area contributed by atoms with E-state index in [-0.39, 0.29) is 35.2 Å². The Bertz CT molecular complexity index is 571. The molecule has 6 heteroatoms. The Labute approximate surface area is 181 Å². The number of rotatable bonds is 9. The van der Waals surface area contributed by atoms with Gasteiger partial charge in [0, 0.05) is 18.5 Å². The van der Waals surface area contributed by atoms with Crippen LogP contribution in [0.1, 0.15) is 52.0 Å². The summed E-state index contributed by atoms with van der Waals surface area (Å²) in [5, 5.41) is 6.73. The van der Waals surface area contributed by atoms with Gasteiger partial charge in [0.2, 0.25) is 0 Å². The van der Waals surface area contributed by atoms with Crippen LogP contribution in [0.3, 0.4) is 0 Å². The summed E-state index contributed by atoms with van der Waals surface area (Å²) >= 11 is 0. The number of hydrogen-bond donors (Lipinski definition) is 2. The normalized spacial score (nSPS) is 15.5. The fourth-order valence-corrected chi connectivity index (χ4v) is 3.29. The van der Waals surface area contributed by atoms with E-state index in [0.717, 1.165) is 31.0 Å². The minimum atomic E-state index is -0.208. The minimum absolute atomic E-state index is 0. The maximum absolute atomic E-state index is 13.5. The first kappa shape index (κ1) is 24.1. The SMILES string of the molecule is CCNC(=NCC(C)(C)c1cccc(F)c1)NCCCCN1CCCC1.I. The van der Waals surface area contributed by atoms with Gasteiger partial charge in [-0.25, -0.2) is 4.39 Å². The highest BCUT2D eigenvalue weighted by molar-refractivity contribution is 14.0. The van der Waals surface area contributed by atoms with Gasteiger partial charge < -0.3 is 15.5 Å². The number of likely N-dealkylation sites (tertiary alicyclic amines) is 1. The average Bonchev–Trinajstić information content (AvgIpc) is 3.13. The molecule has 2 N–H and O–H groups in total. The van der Waals surface area contributed by atoms with Crippen molar-refractivity contribution in [2.45, 2.75) is 51.9 Å². The number of hydrogen-bond acceptors (Lipinski definition) is 2. The fourth-order valence-electron chi connectivity index (χ4n) is 3.29. The monoisotopic (exact) mass is 490 g/mol. The first-order chi connectivity index (χ1) is 12.5. The van der Waals surface area contributed by atoms with E-state index in [2.05, 4.69) is 36.3 Å². The van der Waals surface area contributed by atoms with Crippen LogP contribution in [0.25, 0.3) is 0 Å². The summed E-state index contributed by atoms with van der Waals surface area (Å²) in [5.41, 5.74) is 0.767. The second-order valence-corrected chi connectivity index (χ2v) is 7.77. The van der Waals surface area contributed by atoms with Crippen LogP contribution in [-0.4, -0.2) is 50.1 Å². The largest absolute Gasteiger partial charge is 0.357 e.